The van der Waals surface area contributed by atoms with Crippen LogP contribution in [0.5, 0.6) is 0 Å². The van der Waals surface area contributed by atoms with E-state index in [4.69, 9.17) is 23.2 Å². The van der Waals surface area contributed by atoms with Gasteiger partial charge in [-0.15, -0.1) is 0 Å². The van der Waals surface area contributed by atoms with Crippen LogP contribution in [0.15, 0.2) is 18.2 Å². The largest absolute Gasteiger partial charge is 0.441 e. The Hall–Kier alpha value is -0.100. The van der Waals surface area contributed by atoms with Gasteiger partial charge in [0.15, 0.2) is 0 Å². The number of thioether (sulfide) groups is 1. The van der Waals surface area contributed by atoms with Gasteiger partial charge < -0.3 is 5.32 Å². The minimum Gasteiger partial charge on any atom is -0.312 e. The van der Waals surface area contributed by atoms with Crippen LogP contribution in [0.1, 0.15) is 5.56 Å². The highest BCUT2D eigenvalue weighted by Gasteiger charge is 2.27. The SMILES string of the molecule is FC(F)(F)SCCNCc1cc(Cl)ccc1Cl. The molecule has 0 saturated carbocycles. The summed E-state index contributed by atoms with van der Waals surface area (Å²) in [5.41, 5.74) is -3.40. The molecule has 0 heterocycles. The van der Waals surface area contributed by atoms with Gasteiger partial charge in [0.25, 0.3) is 0 Å². The molecule has 0 unspecified atom stereocenters. The van der Waals surface area contributed by atoms with E-state index in [0.717, 1.165) is 5.56 Å². The Labute approximate surface area is 112 Å². The monoisotopic (exact) mass is 303 g/mol. The van der Waals surface area contributed by atoms with E-state index in [2.05, 4.69) is 5.32 Å². The zero-order chi connectivity index (χ0) is 12.9. The van der Waals surface area contributed by atoms with Crippen LogP contribution in [-0.2, 0) is 6.54 Å². The molecule has 1 aromatic carbocycles. The number of hydrogen-bond donors (Lipinski definition) is 1. The first-order valence-electron chi connectivity index (χ1n) is 4.74. The van der Waals surface area contributed by atoms with Crippen LogP contribution in [0.4, 0.5) is 13.2 Å². The summed E-state index contributed by atoms with van der Waals surface area (Å²) in [7, 11) is 0. The van der Waals surface area contributed by atoms with Gasteiger partial charge in [-0.2, -0.15) is 13.2 Å². The van der Waals surface area contributed by atoms with Crippen LogP contribution >= 0.6 is 35.0 Å². The van der Waals surface area contributed by atoms with Crippen molar-refractivity contribution in [3.8, 4) is 0 Å². The minimum absolute atomic E-state index is 0.0261. The van der Waals surface area contributed by atoms with Crippen molar-refractivity contribution in [1.29, 1.82) is 0 Å². The van der Waals surface area contributed by atoms with Crippen LogP contribution in [0.25, 0.3) is 0 Å². The molecule has 1 nitrogen and oxygen atoms in total. The quantitative estimate of drug-likeness (QED) is 0.812. The molecule has 96 valence electrons. The second kappa shape index (κ2) is 6.73. The molecule has 1 rings (SSSR count). The average Bonchev–Trinajstić information content (AvgIpc) is 2.21. The van der Waals surface area contributed by atoms with E-state index in [-0.39, 0.29) is 24.1 Å². The van der Waals surface area contributed by atoms with E-state index < -0.39 is 5.51 Å². The Morgan fingerprint density at radius 3 is 2.59 bits per heavy atom. The molecule has 0 spiro atoms. The summed E-state index contributed by atoms with van der Waals surface area (Å²) in [6, 6.07) is 5.01. The fourth-order valence-corrected chi connectivity index (χ4v) is 2.00. The number of halogens is 5. The number of rotatable bonds is 5. The van der Waals surface area contributed by atoms with Crippen molar-refractivity contribution >= 4 is 35.0 Å². The number of benzene rings is 1. The molecular weight excluding hydrogens is 294 g/mol. The fourth-order valence-electron chi connectivity index (χ4n) is 1.14. The Kier molecular flexibility index (Phi) is 5.92. The summed E-state index contributed by atoms with van der Waals surface area (Å²) in [4.78, 5) is 0. The molecule has 0 aliphatic heterocycles. The lowest BCUT2D eigenvalue weighted by Crippen LogP contribution is -2.18. The van der Waals surface area contributed by atoms with E-state index >= 15 is 0 Å². The second-order valence-electron chi connectivity index (χ2n) is 3.21. The molecule has 1 aromatic rings. The summed E-state index contributed by atoms with van der Waals surface area (Å²) < 4.78 is 35.5. The topological polar surface area (TPSA) is 12.0 Å². The average molecular weight is 304 g/mol. The van der Waals surface area contributed by atoms with Gasteiger partial charge in [-0.25, -0.2) is 0 Å². The molecule has 1 N–H and O–H groups in total. The maximum Gasteiger partial charge on any atom is 0.441 e. The molecule has 0 aliphatic rings. The molecule has 7 heteroatoms. The van der Waals surface area contributed by atoms with Crippen molar-refractivity contribution in [2.45, 2.75) is 12.1 Å². The Morgan fingerprint density at radius 2 is 1.94 bits per heavy atom. The lowest BCUT2D eigenvalue weighted by molar-refractivity contribution is -0.0327. The third kappa shape index (κ3) is 6.41. The molecule has 0 fully saturated rings. The number of hydrogen-bond acceptors (Lipinski definition) is 2. The van der Waals surface area contributed by atoms with Crippen LogP contribution in [0.3, 0.4) is 0 Å². The highest BCUT2D eigenvalue weighted by Crippen LogP contribution is 2.29. The summed E-state index contributed by atoms with van der Waals surface area (Å²) in [6.07, 6.45) is 0. The second-order valence-corrected chi connectivity index (χ2v) is 5.21. The van der Waals surface area contributed by atoms with Gasteiger partial charge in [0.05, 0.1) is 0 Å². The van der Waals surface area contributed by atoms with Crippen molar-refractivity contribution in [2.24, 2.45) is 0 Å². The number of nitrogens with one attached hydrogen (secondary N) is 1. The lowest BCUT2D eigenvalue weighted by atomic mass is 10.2. The zero-order valence-electron chi connectivity index (χ0n) is 8.65. The van der Waals surface area contributed by atoms with E-state index in [1.165, 1.54) is 0 Å². The number of alkyl halides is 3. The van der Waals surface area contributed by atoms with Crippen LogP contribution in [0, 0.1) is 0 Å². The minimum atomic E-state index is -4.17. The Bertz CT molecular complexity index is 371. The van der Waals surface area contributed by atoms with E-state index in [1.807, 2.05) is 0 Å². The summed E-state index contributed by atoms with van der Waals surface area (Å²) in [5.74, 6) is -0.0261. The van der Waals surface area contributed by atoms with Gasteiger partial charge in [-0.3, -0.25) is 0 Å². The summed E-state index contributed by atoms with van der Waals surface area (Å²) in [6.45, 7) is 0.658. The van der Waals surface area contributed by atoms with Crippen molar-refractivity contribution in [3.63, 3.8) is 0 Å². The molecule has 0 bridgehead atoms. The van der Waals surface area contributed by atoms with Crippen molar-refractivity contribution < 1.29 is 13.2 Å². The fraction of sp³-hybridized carbons (Fsp3) is 0.400. The van der Waals surface area contributed by atoms with Crippen LogP contribution < -0.4 is 5.32 Å². The van der Waals surface area contributed by atoms with Crippen molar-refractivity contribution in [1.82, 2.24) is 5.32 Å². The van der Waals surface area contributed by atoms with Gasteiger partial charge in [-0.05, 0) is 35.5 Å². The molecule has 0 atom stereocenters. The first kappa shape index (κ1) is 15.0. The highest BCUT2D eigenvalue weighted by atomic mass is 35.5. The molecule has 0 aromatic heterocycles. The maximum atomic E-state index is 11.8. The van der Waals surface area contributed by atoms with Gasteiger partial charge in [0.1, 0.15) is 0 Å². The highest BCUT2D eigenvalue weighted by molar-refractivity contribution is 8.00. The summed E-state index contributed by atoms with van der Waals surface area (Å²) >= 11 is 11.6. The molecule has 0 radical (unpaired) electrons. The van der Waals surface area contributed by atoms with Gasteiger partial charge in [-0.1, -0.05) is 23.2 Å². The van der Waals surface area contributed by atoms with Crippen LogP contribution in [0.2, 0.25) is 10.0 Å². The first-order valence-corrected chi connectivity index (χ1v) is 6.48. The third-order valence-electron chi connectivity index (χ3n) is 1.87. The molecule has 17 heavy (non-hydrogen) atoms. The molecule has 0 saturated heterocycles. The first-order chi connectivity index (χ1) is 7.88. The Morgan fingerprint density at radius 1 is 1.24 bits per heavy atom. The van der Waals surface area contributed by atoms with Crippen molar-refractivity contribution in [2.75, 3.05) is 12.3 Å². The smallest absolute Gasteiger partial charge is 0.312 e. The van der Waals surface area contributed by atoms with E-state index in [0.29, 0.717) is 16.6 Å². The molecule has 0 amide bonds. The predicted octanol–water partition coefficient (Wildman–Crippen LogP) is 4.34. The lowest BCUT2D eigenvalue weighted by Gasteiger charge is -2.08. The molecular formula is C10H10Cl2F3NS. The van der Waals surface area contributed by atoms with Crippen LogP contribution in [-0.4, -0.2) is 17.8 Å². The Balaban J connectivity index is 2.29. The van der Waals surface area contributed by atoms with Gasteiger partial charge in [0, 0.05) is 28.9 Å². The van der Waals surface area contributed by atoms with Gasteiger partial charge in [0.2, 0.25) is 0 Å². The third-order valence-corrected chi connectivity index (χ3v) is 3.21. The normalized spacial score (nSPS) is 11.8. The van der Waals surface area contributed by atoms with Crippen molar-refractivity contribution in [3.05, 3.63) is 33.8 Å². The van der Waals surface area contributed by atoms with E-state index in [1.54, 1.807) is 18.2 Å². The maximum absolute atomic E-state index is 11.8. The standard InChI is InChI=1S/C10H10Cl2F3NS/c11-8-1-2-9(12)7(5-8)6-16-3-4-17-10(13,14)15/h1-2,5,16H,3-4,6H2. The van der Waals surface area contributed by atoms with Gasteiger partial charge >= 0.3 is 5.51 Å². The predicted molar refractivity (Wildman–Crippen MR) is 66.7 cm³/mol. The zero-order valence-corrected chi connectivity index (χ0v) is 11.0. The summed E-state index contributed by atoms with van der Waals surface area (Å²) in [5, 5.41) is 3.98. The van der Waals surface area contributed by atoms with E-state index in [9.17, 15) is 13.2 Å². The molecule has 0 aliphatic carbocycles.